The molecule has 1 aliphatic rings. The van der Waals surface area contributed by atoms with Gasteiger partial charge in [-0.3, -0.25) is 0 Å². The molecule has 134 valence electrons. The van der Waals surface area contributed by atoms with Gasteiger partial charge in [0.25, 0.3) is 0 Å². The third-order valence-electron chi connectivity index (χ3n) is 4.05. The molecule has 1 fully saturated rings. The van der Waals surface area contributed by atoms with E-state index in [4.69, 9.17) is 14.6 Å². The van der Waals surface area contributed by atoms with Gasteiger partial charge in [0.1, 0.15) is 24.4 Å². The zero-order chi connectivity index (χ0) is 17.6. The highest BCUT2D eigenvalue weighted by Crippen LogP contribution is 2.29. The zero-order valence-corrected chi connectivity index (χ0v) is 13.6. The number of hydrogen-bond donors (Lipinski definition) is 5. The number of allylic oxidation sites excluding steroid dienone is 1. The highest BCUT2D eigenvalue weighted by atomic mass is 16.7. The molecule has 7 heteroatoms. The molecule has 0 aliphatic carbocycles. The molecular formula is C16H28O7. The Morgan fingerprint density at radius 3 is 2.39 bits per heavy atom. The SMILES string of the molecule is C=C[C@](C)(CC/C=C(\C)CO)O[C@@H]1O[C@H](CO)[C@@H](O)[C@H](O)[C@H]1O. The minimum absolute atomic E-state index is 0.0155. The lowest BCUT2D eigenvalue weighted by atomic mass is 9.96. The molecule has 23 heavy (non-hydrogen) atoms. The van der Waals surface area contributed by atoms with E-state index in [0.29, 0.717) is 12.8 Å². The van der Waals surface area contributed by atoms with Gasteiger partial charge in [0.2, 0.25) is 0 Å². The molecule has 1 heterocycles. The van der Waals surface area contributed by atoms with Crippen molar-refractivity contribution < 1.29 is 35.0 Å². The third-order valence-corrected chi connectivity index (χ3v) is 4.05. The molecule has 0 amide bonds. The summed E-state index contributed by atoms with van der Waals surface area (Å²) in [5, 5.41) is 47.7. The second-order valence-electron chi connectivity index (χ2n) is 6.08. The minimum atomic E-state index is -1.48. The van der Waals surface area contributed by atoms with Crippen LogP contribution in [0.2, 0.25) is 0 Å². The van der Waals surface area contributed by atoms with Gasteiger partial charge in [-0.1, -0.05) is 17.7 Å². The van der Waals surface area contributed by atoms with Gasteiger partial charge in [0.05, 0.1) is 18.8 Å². The van der Waals surface area contributed by atoms with Crippen molar-refractivity contribution in [2.75, 3.05) is 13.2 Å². The van der Waals surface area contributed by atoms with Crippen LogP contribution in [0, 0.1) is 0 Å². The lowest BCUT2D eigenvalue weighted by Crippen LogP contribution is -2.60. The first kappa shape index (κ1) is 20.2. The molecule has 0 bridgehead atoms. The summed E-state index contributed by atoms with van der Waals surface area (Å²) in [6.07, 6.45) is -1.97. The van der Waals surface area contributed by atoms with Gasteiger partial charge in [-0.25, -0.2) is 0 Å². The van der Waals surface area contributed by atoms with Gasteiger partial charge in [0.15, 0.2) is 6.29 Å². The average Bonchev–Trinajstić information content (AvgIpc) is 2.55. The Bertz CT molecular complexity index is 409. The normalized spacial score (nSPS) is 34.9. The van der Waals surface area contributed by atoms with E-state index in [1.54, 1.807) is 13.0 Å². The van der Waals surface area contributed by atoms with Gasteiger partial charge in [0, 0.05) is 0 Å². The first-order valence-corrected chi connectivity index (χ1v) is 7.66. The molecule has 1 saturated heterocycles. The van der Waals surface area contributed by atoms with Gasteiger partial charge in [-0.05, 0) is 26.7 Å². The van der Waals surface area contributed by atoms with Crippen molar-refractivity contribution in [1.82, 2.24) is 0 Å². The number of aliphatic hydroxyl groups excluding tert-OH is 5. The van der Waals surface area contributed by atoms with E-state index in [2.05, 4.69) is 6.58 Å². The fourth-order valence-electron chi connectivity index (χ4n) is 2.31. The molecule has 0 unspecified atom stereocenters. The Kier molecular flexibility index (Phi) is 7.82. The van der Waals surface area contributed by atoms with Crippen molar-refractivity contribution in [3.63, 3.8) is 0 Å². The summed E-state index contributed by atoms with van der Waals surface area (Å²) < 4.78 is 11.1. The second kappa shape index (κ2) is 8.89. The summed E-state index contributed by atoms with van der Waals surface area (Å²) in [6.45, 7) is 6.76. The highest BCUT2D eigenvalue weighted by Gasteiger charge is 2.45. The second-order valence-corrected chi connectivity index (χ2v) is 6.08. The lowest BCUT2D eigenvalue weighted by Gasteiger charge is -2.42. The molecule has 5 N–H and O–H groups in total. The maximum absolute atomic E-state index is 10.0. The van der Waals surface area contributed by atoms with E-state index in [1.807, 2.05) is 13.0 Å². The van der Waals surface area contributed by atoms with Crippen LogP contribution >= 0.6 is 0 Å². The Morgan fingerprint density at radius 1 is 1.22 bits per heavy atom. The molecule has 1 rings (SSSR count). The monoisotopic (exact) mass is 332 g/mol. The minimum Gasteiger partial charge on any atom is -0.394 e. The molecule has 7 nitrogen and oxygen atoms in total. The number of ether oxygens (including phenoxy) is 2. The fourth-order valence-corrected chi connectivity index (χ4v) is 2.31. The number of hydrogen-bond acceptors (Lipinski definition) is 7. The topological polar surface area (TPSA) is 120 Å². The first-order chi connectivity index (χ1) is 10.8. The Balaban J connectivity index is 2.74. The van der Waals surface area contributed by atoms with Crippen LogP contribution in [0.3, 0.4) is 0 Å². The van der Waals surface area contributed by atoms with Gasteiger partial charge in [-0.15, -0.1) is 6.58 Å². The lowest BCUT2D eigenvalue weighted by molar-refractivity contribution is -0.319. The quantitative estimate of drug-likeness (QED) is 0.379. The summed E-state index contributed by atoms with van der Waals surface area (Å²) in [5.41, 5.74) is -0.0101. The van der Waals surface area contributed by atoms with Crippen molar-refractivity contribution >= 4 is 0 Å². The van der Waals surface area contributed by atoms with Crippen LogP contribution in [0.25, 0.3) is 0 Å². The van der Waals surface area contributed by atoms with E-state index >= 15 is 0 Å². The van der Waals surface area contributed by atoms with E-state index in [9.17, 15) is 20.4 Å². The highest BCUT2D eigenvalue weighted by molar-refractivity contribution is 5.02. The third kappa shape index (κ3) is 5.36. The maximum atomic E-state index is 10.0. The average molecular weight is 332 g/mol. The van der Waals surface area contributed by atoms with E-state index in [1.165, 1.54) is 0 Å². The molecular weight excluding hydrogens is 304 g/mol. The van der Waals surface area contributed by atoms with Crippen LogP contribution in [-0.4, -0.2) is 75.1 Å². The predicted molar refractivity (Wildman–Crippen MR) is 83.5 cm³/mol. The number of rotatable bonds is 8. The Labute approximate surface area is 136 Å². The van der Waals surface area contributed by atoms with Crippen LogP contribution in [-0.2, 0) is 9.47 Å². The fraction of sp³-hybridized carbons (Fsp3) is 0.750. The van der Waals surface area contributed by atoms with Crippen molar-refractivity contribution in [3.8, 4) is 0 Å². The Morgan fingerprint density at radius 2 is 1.87 bits per heavy atom. The summed E-state index contributed by atoms with van der Waals surface area (Å²) >= 11 is 0. The maximum Gasteiger partial charge on any atom is 0.187 e. The van der Waals surface area contributed by atoms with Crippen LogP contribution in [0.15, 0.2) is 24.3 Å². The standard InChI is InChI=1S/C16H28O7/c1-4-16(3,7-5-6-10(2)8-17)23-15-14(21)13(20)12(19)11(9-18)22-15/h4,6,11-15,17-21H,1,5,7-9H2,2-3H3/b10-6+/t11-,12-,13+,14-,15+,16-/m1/s1. The van der Waals surface area contributed by atoms with Gasteiger partial charge >= 0.3 is 0 Å². The van der Waals surface area contributed by atoms with Crippen molar-refractivity contribution in [2.45, 2.75) is 63.0 Å². The number of aliphatic hydroxyl groups is 5. The van der Waals surface area contributed by atoms with Crippen molar-refractivity contribution in [2.24, 2.45) is 0 Å². The molecule has 0 radical (unpaired) electrons. The molecule has 0 saturated carbocycles. The van der Waals surface area contributed by atoms with Crippen LogP contribution in [0.5, 0.6) is 0 Å². The van der Waals surface area contributed by atoms with Gasteiger partial charge < -0.3 is 35.0 Å². The predicted octanol–water partition coefficient (Wildman–Crippen LogP) is -0.534. The van der Waals surface area contributed by atoms with E-state index < -0.39 is 42.9 Å². The molecule has 0 aromatic heterocycles. The first-order valence-electron chi connectivity index (χ1n) is 7.66. The van der Waals surface area contributed by atoms with E-state index in [0.717, 1.165) is 5.57 Å². The van der Waals surface area contributed by atoms with Crippen LogP contribution in [0.4, 0.5) is 0 Å². The molecule has 0 aromatic rings. The van der Waals surface area contributed by atoms with Crippen LogP contribution < -0.4 is 0 Å². The van der Waals surface area contributed by atoms with Gasteiger partial charge in [-0.2, -0.15) is 0 Å². The summed E-state index contributed by atoms with van der Waals surface area (Å²) in [6, 6.07) is 0. The molecule has 6 atom stereocenters. The molecule has 1 aliphatic heterocycles. The smallest absolute Gasteiger partial charge is 0.187 e. The molecule has 0 spiro atoms. The zero-order valence-electron chi connectivity index (χ0n) is 13.6. The van der Waals surface area contributed by atoms with Crippen molar-refractivity contribution in [1.29, 1.82) is 0 Å². The van der Waals surface area contributed by atoms with Crippen molar-refractivity contribution in [3.05, 3.63) is 24.3 Å². The van der Waals surface area contributed by atoms with Crippen LogP contribution in [0.1, 0.15) is 26.7 Å². The largest absolute Gasteiger partial charge is 0.394 e. The van der Waals surface area contributed by atoms with E-state index in [-0.39, 0.29) is 6.61 Å². The summed E-state index contributed by atoms with van der Waals surface area (Å²) in [5.74, 6) is 0. The molecule has 0 aromatic carbocycles. The Hall–Kier alpha value is -0.800. The summed E-state index contributed by atoms with van der Waals surface area (Å²) in [7, 11) is 0. The summed E-state index contributed by atoms with van der Waals surface area (Å²) in [4.78, 5) is 0.